The van der Waals surface area contributed by atoms with Gasteiger partial charge in [0.15, 0.2) is 0 Å². The maximum Gasteiger partial charge on any atom is 0.390 e. The molecule has 0 N–H and O–H groups in total. The zero-order valence-corrected chi connectivity index (χ0v) is 15.0. The molecule has 0 bridgehead atoms. The lowest BCUT2D eigenvalue weighted by atomic mass is 10.1. The van der Waals surface area contributed by atoms with E-state index in [1.54, 1.807) is 17.7 Å². The molecule has 140 valence electrons. The predicted molar refractivity (Wildman–Crippen MR) is 95.0 cm³/mol. The maximum atomic E-state index is 12.4. The van der Waals surface area contributed by atoms with E-state index < -0.39 is 18.5 Å². The molecule has 0 atom stereocenters. The number of para-hydroxylation sites is 1. The first kappa shape index (κ1) is 19.8. The van der Waals surface area contributed by atoms with Gasteiger partial charge in [-0.15, -0.1) is 0 Å². The molecule has 4 nitrogen and oxygen atoms in total. The van der Waals surface area contributed by atoms with Gasteiger partial charge in [-0.25, -0.2) is 4.68 Å². The summed E-state index contributed by atoms with van der Waals surface area (Å²) in [6, 6.07) is 9.58. The molecule has 0 saturated carbocycles. The Bertz CT molecular complexity index is 779. The van der Waals surface area contributed by atoms with Gasteiger partial charge in [0, 0.05) is 30.4 Å². The van der Waals surface area contributed by atoms with E-state index in [1.165, 1.54) is 11.0 Å². The summed E-state index contributed by atoms with van der Waals surface area (Å²) in [5.74, 6) is -0.442. The van der Waals surface area contributed by atoms with Crippen LogP contribution in [0, 0.1) is 13.8 Å². The van der Waals surface area contributed by atoms with Crippen LogP contribution in [-0.2, 0) is 4.79 Å². The molecule has 2 rings (SSSR count). The van der Waals surface area contributed by atoms with Crippen molar-refractivity contribution in [3.8, 4) is 5.69 Å². The van der Waals surface area contributed by atoms with Crippen LogP contribution in [0.25, 0.3) is 11.8 Å². The molecule has 0 radical (unpaired) electrons. The first-order valence-corrected chi connectivity index (χ1v) is 8.38. The van der Waals surface area contributed by atoms with Crippen LogP contribution in [0.4, 0.5) is 13.2 Å². The second-order valence-electron chi connectivity index (χ2n) is 5.95. The van der Waals surface area contributed by atoms with E-state index in [1.807, 2.05) is 44.2 Å². The normalized spacial score (nSPS) is 11.9. The molecule has 26 heavy (non-hydrogen) atoms. The highest BCUT2D eigenvalue weighted by atomic mass is 19.4. The smallest absolute Gasteiger partial charge is 0.339 e. The summed E-state index contributed by atoms with van der Waals surface area (Å²) in [6.07, 6.45) is -2.35. The van der Waals surface area contributed by atoms with Crippen LogP contribution in [0.15, 0.2) is 36.4 Å². The number of carbonyl (C=O) groups is 1. The van der Waals surface area contributed by atoms with Crippen molar-refractivity contribution in [2.75, 3.05) is 13.1 Å². The average molecular weight is 365 g/mol. The van der Waals surface area contributed by atoms with E-state index in [0.29, 0.717) is 0 Å². The van der Waals surface area contributed by atoms with Gasteiger partial charge in [0.05, 0.1) is 17.8 Å². The van der Waals surface area contributed by atoms with Crippen LogP contribution in [0.1, 0.15) is 30.3 Å². The molecule has 1 heterocycles. The van der Waals surface area contributed by atoms with E-state index in [2.05, 4.69) is 5.10 Å². The summed E-state index contributed by atoms with van der Waals surface area (Å²) in [7, 11) is 0. The van der Waals surface area contributed by atoms with E-state index >= 15 is 0 Å². The Balaban J connectivity index is 2.17. The Morgan fingerprint density at radius 1 is 1.23 bits per heavy atom. The second kappa shape index (κ2) is 8.21. The van der Waals surface area contributed by atoms with Crippen LogP contribution in [0.2, 0.25) is 0 Å². The Hall–Kier alpha value is -2.57. The monoisotopic (exact) mass is 365 g/mol. The molecule has 0 spiro atoms. The molecule has 0 fully saturated rings. The minimum Gasteiger partial charge on any atom is -0.339 e. The fourth-order valence-corrected chi connectivity index (χ4v) is 2.66. The van der Waals surface area contributed by atoms with Crippen molar-refractivity contribution in [3.05, 3.63) is 53.4 Å². The number of amides is 1. The molecule has 0 aliphatic carbocycles. The van der Waals surface area contributed by atoms with Gasteiger partial charge in [-0.05, 0) is 39.0 Å². The predicted octanol–water partition coefficient (Wildman–Crippen LogP) is 4.30. The summed E-state index contributed by atoms with van der Waals surface area (Å²) in [5, 5.41) is 4.48. The summed E-state index contributed by atoms with van der Waals surface area (Å²) in [4.78, 5) is 13.4. The number of nitrogens with zero attached hydrogens (tertiary/aromatic N) is 3. The minimum absolute atomic E-state index is 0.223. The van der Waals surface area contributed by atoms with E-state index in [0.717, 1.165) is 22.6 Å². The molecule has 0 aliphatic rings. The van der Waals surface area contributed by atoms with Crippen LogP contribution in [0.5, 0.6) is 0 Å². The van der Waals surface area contributed by atoms with Gasteiger partial charge in [0.2, 0.25) is 5.91 Å². The first-order valence-electron chi connectivity index (χ1n) is 8.38. The van der Waals surface area contributed by atoms with Gasteiger partial charge < -0.3 is 4.90 Å². The molecule has 0 saturated heterocycles. The third-order valence-electron chi connectivity index (χ3n) is 4.10. The van der Waals surface area contributed by atoms with Crippen molar-refractivity contribution >= 4 is 12.0 Å². The number of aromatic nitrogens is 2. The summed E-state index contributed by atoms with van der Waals surface area (Å²) < 4.78 is 38.9. The highest BCUT2D eigenvalue weighted by molar-refractivity contribution is 5.92. The number of alkyl halides is 3. The Kier molecular flexibility index (Phi) is 6.23. The van der Waals surface area contributed by atoms with Crippen molar-refractivity contribution in [3.63, 3.8) is 0 Å². The summed E-state index contributed by atoms with van der Waals surface area (Å²) in [6.45, 7) is 5.26. The lowest BCUT2D eigenvalue weighted by Gasteiger charge is -2.19. The Labute approximate surface area is 150 Å². The van der Waals surface area contributed by atoms with E-state index in [-0.39, 0.29) is 13.1 Å². The molecule has 0 aliphatic heterocycles. The van der Waals surface area contributed by atoms with Gasteiger partial charge in [-0.2, -0.15) is 18.3 Å². The fourth-order valence-electron chi connectivity index (χ4n) is 2.66. The number of rotatable bonds is 6. The number of benzene rings is 1. The van der Waals surface area contributed by atoms with Crippen LogP contribution >= 0.6 is 0 Å². The largest absolute Gasteiger partial charge is 0.390 e. The van der Waals surface area contributed by atoms with E-state index in [4.69, 9.17) is 0 Å². The minimum atomic E-state index is -4.28. The molecule has 2 aromatic rings. The SMILES string of the molecule is CCN(CCC(F)(F)F)C(=O)/C=C/c1c(C)nn(-c2ccccc2)c1C. The third kappa shape index (κ3) is 4.97. The zero-order chi connectivity index (χ0) is 19.3. The van der Waals surface area contributed by atoms with Gasteiger partial charge in [0.25, 0.3) is 0 Å². The number of aryl methyl sites for hydroxylation is 1. The van der Waals surface area contributed by atoms with Gasteiger partial charge >= 0.3 is 6.18 Å². The van der Waals surface area contributed by atoms with Crippen molar-refractivity contribution in [2.45, 2.75) is 33.4 Å². The lowest BCUT2D eigenvalue weighted by Crippen LogP contribution is -2.32. The van der Waals surface area contributed by atoms with Crippen molar-refractivity contribution < 1.29 is 18.0 Å². The van der Waals surface area contributed by atoms with Crippen LogP contribution in [-0.4, -0.2) is 39.9 Å². The molecular weight excluding hydrogens is 343 g/mol. The topological polar surface area (TPSA) is 38.1 Å². The molecule has 7 heteroatoms. The Morgan fingerprint density at radius 2 is 1.88 bits per heavy atom. The highest BCUT2D eigenvalue weighted by Gasteiger charge is 2.28. The highest BCUT2D eigenvalue weighted by Crippen LogP contribution is 2.21. The van der Waals surface area contributed by atoms with Gasteiger partial charge in [-0.3, -0.25) is 4.79 Å². The molecular formula is C19H22F3N3O. The quantitative estimate of drug-likeness (QED) is 0.716. The standard InChI is InChI=1S/C19H22F3N3O/c1-4-24(13-12-19(20,21)22)18(26)11-10-17-14(2)23-25(15(17)3)16-8-6-5-7-9-16/h5-11H,4,12-13H2,1-3H3/b11-10+. The van der Waals surface area contributed by atoms with Crippen LogP contribution < -0.4 is 0 Å². The number of hydrogen-bond donors (Lipinski definition) is 0. The van der Waals surface area contributed by atoms with E-state index in [9.17, 15) is 18.0 Å². The van der Waals surface area contributed by atoms with Gasteiger partial charge in [0.1, 0.15) is 0 Å². The van der Waals surface area contributed by atoms with Crippen LogP contribution in [0.3, 0.4) is 0 Å². The molecule has 1 aromatic heterocycles. The summed E-state index contributed by atoms with van der Waals surface area (Å²) in [5.41, 5.74) is 3.29. The summed E-state index contributed by atoms with van der Waals surface area (Å²) >= 11 is 0. The van der Waals surface area contributed by atoms with Crippen molar-refractivity contribution in [1.82, 2.24) is 14.7 Å². The first-order chi connectivity index (χ1) is 12.2. The molecule has 1 amide bonds. The number of hydrogen-bond acceptors (Lipinski definition) is 2. The third-order valence-corrected chi connectivity index (χ3v) is 4.10. The molecule has 0 unspecified atom stereocenters. The maximum absolute atomic E-state index is 12.4. The average Bonchev–Trinajstić information content (AvgIpc) is 2.87. The molecule has 1 aromatic carbocycles. The number of likely N-dealkylation sites (N-methyl/N-ethyl adjacent to an activating group) is 1. The van der Waals surface area contributed by atoms with Gasteiger partial charge in [-0.1, -0.05) is 18.2 Å². The fraction of sp³-hybridized carbons (Fsp3) is 0.368. The van der Waals surface area contributed by atoms with Crippen molar-refractivity contribution in [1.29, 1.82) is 0 Å². The number of carbonyl (C=O) groups excluding carboxylic acids is 1. The van der Waals surface area contributed by atoms with Crippen molar-refractivity contribution in [2.24, 2.45) is 0 Å². The lowest BCUT2D eigenvalue weighted by molar-refractivity contribution is -0.143. The number of halogens is 3. The second-order valence-corrected chi connectivity index (χ2v) is 5.95. The Morgan fingerprint density at radius 3 is 2.46 bits per heavy atom. The zero-order valence-electron chi connectivity index (χ0n) is 15.0.